The van der Waals surface area contributed by atoms with Gasteiger partial charge in [-0.05, 0) is 19.3 Å². The molecule has 12 heavy (non-hydrogen) atoms. The van der Waals surface area contributed by atoms with Crippen molar-refractivity contribution in [2.45, 2.75) is 25.3 Å². The lowest BCUT2D eigenvalue weighted by atomic mass is 9.94. The molecular weight excluding hydrogens is 160 g/mol. The molecule has 66 valence electrons. The van der Waals surface area contributed by atoms with Crippen LogP contribution in [0.4, 0.5) is 0 Å². The van der Waals surface area contributed by atoms with Crippen LogP contribution in [0.3, 0.4) is 0 Å². The predicted octanol–water partition coefficient (Wildman–Crippen LogP) is 0.892. The fourth-order valence-electron chi connectivity index (χ4n) is 2.48. The van der Waals surface area contributed by atoms with Crippen molar-refractivity contribution in [2.24, 2.45) is 17.0 Å². The fraction of sp³-hybridized carbons (Fsp3) is 0.857. The van der Waals surface area contributed by atoms with Gasteiger partial charge in [0, 0.05) is 16.8 Å². The second-order valence-electron chi connectivity index (χ2n) is 3.53. The van der Waals surface area contributed by atoms with Crippen LogP contribution in [-0.2, 0) is 0 Å². The van der Waals surface area contributed by atoms with E-state index in [-0.39, 0.29) is 16.8 Å². The van der Waals surface area contributed by atoms with Gasteiger partial charge in [0.25, 0.3) is 6.04 Å². The Morgan fingerprint density at radius 1 is 1.58 bits per heavy atom. The van der Waals surface area contributed by atoms with Gasteiger partial charge in [-0.2, -0.15) is 0 Å². The van der Waals surface area contributed by atoms with Crippen LogP contribution in [0.1, 0.15) is 19.3 Å². The first-order valence-electron chi connectivity index (χ1n) is 4.09. The second-order valence-corrected chi connectivity index (χ2v) is 3.53. The van der Waals surface area contributed by atoms with Gasteiger partial charge in [-0.3, -0.25) is 10.1 Å². The van der Waals surface area contributed by atoms with Crippen molar-refractivity contribution in [3.05, 3.63) is 10.1 Å². The quantitative estimate of drug-likeness (QED) is 0.360. The van der Waals surface area contributed by atoms with Crippen molar-refractivity contribution < 1.29 is 10.1 Å². The maximum atomic E-state index is 10.6. The Hall–Kier alpha value is -1.13. The Morgan fingerprint density at radius 3 is 2.83 bits per heavy atom. The molecule has 5 heteroatoms. The fourth-order valence-corrected chi connectivity index (χ4v) is 2.48. The Bertz CT molecular complexity index is 251. The third-order valence-corrected chi connectivity index (χ3v) is 2.98. The Labute approximate surface area is 69.2 Å². The lowest BCUT2D eigenvalue weighted by molar-refractivity contribution is -0.510. The number of nitro groups is 1. The molecule has 0 aromatic rings. The summed E-state index contributed by atoms with van der Waals surface area (Å²) in [6.07, 6.45) is 2.70. The first-order valence-corrected chi connectivity index (χ1v) is 4.09. The van der Waals surface area contributed by atoms with E-state index in [1.54, 1.807) is 0 Å². The van der Waals surface area contributed by atoms with Crippen molar-refractivity contribution in [1.29, 1.82) is 0 Å². The maximum Gasteiger partial charge on any atom is 0.257 e. The van der Waals surface area contributed by atoms with Crippen LogP contribution in [0.5, 0.6) is 0 Å². The molecule has 2 aliphatic rings. The highest BCUT2D eigenvalue weighted by atomic mass is 16.6. The molecule has 3 unspecified atom stereocenters. The zero-order chi connectivity index (χ0) is 8.72. The maximum absolute atomic E-state index is 10.6. The zero-order valence-corrected chi connectivity index (χ0v) is 6.51. The molecule has 2 aliphatic carbocycles. The van der Waals surface area contributed by atoms with Gasteiger partial charge in [0.1, 0.15) is 5.71 Å². The molecule has 2 rings (SSSR count). The van der Waals surface area contributed by atoms with Crippen LogP contribution in [0.2, 0.25) is 0 Å². The van der Waals surface area contributed by atoms with E-state index < -0.39 is 6.04 Å². The summed E-state index contributed by atoms with van der Waals surface area (Å²) in [5.74, 6) is 0.297. The van der Waals surface area contributed by atoms with Gasteiger partial charge in [-0.15, -0.1) is 0 Å². The molecule has 5 nitrogen and oxygen atoms in total. The lowest BCUT2D eigenvalue weighted by Gasteiger charge is -2.14. The number of rotatable bonds is 1. The molecule has 0 aliphatic heterocycles. The monoisotopic (exact) mass is 170 g/mol. The minimum absolute atomic E-state index is 0.121. The van der Waals surface area contributed by atoms with Crippen LogP contribution >= 0.6 is 0 Å². The van der Waals surface area contributed by atoms with Crippen molar-refractivity contribution in [3.63, 3.8) is 0 Å². The minimum atomic E-state index is -0.700. The van der Waals surface area contributed by atoms with E-state index in [9.17, 15) is 10.1 Å². The molecule has 1 N–H and O–H groups in total. The summed E-state index contributed by atoms with van der Waals surface area (Å²) in [5, 5.41) is 22.2. The van der Waals surface area contributed by atoms with Crippen molar-refractivity contribution in [3.8, 4) is 0 Å². The Kier molecular flexibility index (Phi) is 1.52. The third kappa shape index (κ3) is 0.821. The molecule has 0 radical (unpaired) electrons. The van der Waals surface area contributed by atoms with Gasteiger partial charge in [0.05, 0.1) is 0 Å². The second kappa shape index (κ2) is 2.43. The van der Waals surface area contributed by atoms with Gasteiger partial charge >= 0.3 is 0 Å². The molecule has 0 aromatic carbocycles. The molecule has 3 atom stereocenters. The number of fused-ring (bicyclic) bond motifs is 2. The topological polar surface area (TPSA) is 75.7 Å². The Balaban J connectivity index is 2.28. The highest BCUT2D eigenvalue weighted by Gasteiger charge is 2.52. The predicted molar refractivity (Wildman–Crippen MR) is 40.8 cm³/mol. The number of nitrogens with zero attached hydrogens (tertiary/aromatic N) is 2. The zero-order valence-electron chi connectivity index (χ0n) is 6.51. The average Bonchev–Trinajstić information content (AvgIpc) is 2.60. The molecule has 0 spiro atoms. The summed E-state index contributed by atoms with van der Waals surface area (Å²) in [4.78, 5) is 10.3. The van der Waals surface area contributed by atoms with Gasteiger partial charge in [0.2, 0.25) is 0 Å². The van der Waals surface area contributed by atoms with Gasteiger partial charge in [0.15, 0.2) is 0 Å². The number of hydrogen-bond donors (Lipinski definition) is 1. The van der Waals surface area contributed by atoms with Crippen LogP contribution in [0.15, 0.2) is 5.16 Å². The summed E-state index contributed by atoms with van der Waals surface area (Å²) >= 11 is 0. The molecule has 0 saturated heterocycles. The molecule has 0 amide bonds. The van der Waals surface area contributed by atoms with E-state index in [1.807, 2.05) is 0 Å². The molecule has 2 bridgehead atoms. The largest absolute Gasteiger partial charge is 0.411 e. The van der Waals surface area contributed by atoms with E-state index >= 15 is 0 Å². The summed E-state index contributed by atoms with van der Waals surface area (Å²) in [6.45, 7) is 0. The van der Waals surface area contributed by atoms with Crippen LogP contribution in [0.25, 0.3) is 0 Å². The number of hydrogen-bond acceptors (Lipinski definition) is 4. The lowest BCUT2D eigenvalue weighted by Crippen LogP contribution is -2.35. The van der Waals surface area contributed by atoms with Crippen LogP contribution in [-0.4, -0.2) is 21.9 Å². The van der Waals surface area contributed by atoms with E-state index in [1.165, 1.54) is 0 Å². The number of oxime groups is 1. The Morgan fingerprint density at radius 2 is 2.33 bits per heavy atom. The summed E-state index contributed by atoms with van der Waals surface area (Å²) < 4.78 is 0. The smallest absolute Gasteiger partial charge is 0.257 e. The van der Waals surface area contributed by atoms with Crippen molar-refractivity contribution >= 4 is 5.71 Å². The highest BCUT2D eigenvalue weighted by Crippen LogP contribution is 2.43. The highest BCUT2D eigenvalue weighted by molar-refractivity contribution is 5.93. The van der Waals surface area contributed by atoms with Crippen molar-refractivity contribution in [2.75, 3.05) is 0 Å². The van der Waals surface area contributed by atoms with E-state index in [0.717, 1.165) is 19.3 Å². The standard InChI is InChI=1S/C7H10N2O3/c10-8-6-4-1-2-5(3-4)7(6)9(11)12/h4-5,7,10H,1-3H2. The SMILES string of the molecule is O=[N+]([O-])C1C(=NO)C2CCC1C2. The van der Waals surface area contributed by atoms with Crippen LogP contribution < -0.4 is 0 Å². The third-order valence-electron chi connectivity index (χ3n) is 2.98. The molecular formula is C7H10N2O3. The summed E-state index contributed by atoms with van der Waals surface area (Å²) in [7, 11) is 0. The molecule has 2 saturated carbocycles. The summed E-state index contributed by atoms with van der Waals surface area (Å²) in [5.41, 5.74) is 0.399. The summed E-state index contributed by atoms with van der Waals surface area (Å²) in [6, 6.07) is -0.700. The van der Waals surface area contributed by atoms with E-state index in [0.29, 0.717) is 5.71 Å². The normalized spacial score (nSPS) is 42.3. The van der Waals surface area contributed by atoms with Crippen molar-refractivity contribution in [1.82, 2.24) is 0 Å². The molecule has 0 aromatic heterocycles. The minimum Gasteiger partial charge on any atom is -0.411 e. The van der Waals surface area contributed by atoms with Gasteiger partial charge in [-0.1, -0.05) is 5.16 Å². The van der Waals surface area contributed by atoms with Gasteiger partial charge < -0.3 is 5.21 Å². The van der Waals surface area contributed by atoms with E-state index in [4.69, 9.17) is 5.21 Å². The van der Waals surface area contributed by atoms with Gasteiger partial charge in [-0.25, -0.2) is 0 Å². The molecule has 0 heterocycles. The first-order chi connectivity index (χ1) is 5.74. The van der Waals surface area contributed by atoms with E-state index in [2.05, 4.69) is 5.16 Å². The van der Waals surface area contributed by atoms with Crippen LogP contribution in [0, 0.1) is 22.0 Å². The molecule has 2 fully saturated rings. The average molecular weight is 170 g/mol. The first kappa shape index (κ1) is 7.52.